The lowest BCUT2D eigenvalue weighted by Gasteiger charge is -2.32. The number of rotatable bonds is 5. The summed E-state index contributed by atoms with van der Waals surface area (Å²) < 4.78 is 5.09. The van der Waals surface area contributed by atoms with Crippen molar-refractivity contribution in [2.45, 2.75) is 18.8 Å². The molecule has 1 N–H and O–H groups in total. The molecule has 1 aromatic rings. The van der Waals surface area contributed by atoms with Crippen molar-refractivity contribution in [3.8, 4) is 0 Å². The third-order valence-corrected chi connectivity index (χ3v) is 3.83. The molecule has 1 aromatic carbocycles. The number of aromatic carboxylic acids is 1. The zero-order valence-electron chi connectivity index (χ0n) is 11.7. The number of ether oxygens (including phenoxy) is 1. The third kappa shape index (κ3) is 4.47. The van der Waals surface area contributed by atoms with Gasteiger partial charge in [0.2, 0.25) is 0 Å². The summed E-state index contributed by atoms with van der Waals surface area (Å²) in [7, 11) is 1.73. The molecule has 1 saturated heterocycles. The number of hydrogen-bond donors (Lipinski definition) is 1. The van der Waals surface area contributed by atoms with Gasteiger partial charge in [-0.15, -0.1) is 12.4 Å². The maximum absolute atomic E-state index is 10.8. The van der Waals surface area contributed by atoms with Crippen LogP contribution < -0.4 is 0 Å². The van der Waals surface area contributed by atoms with Gasteiger partial charge in [-0.1, -0.05) is 12.1 Å². The Labute approximate surface area is 126 Å². The van der Waals surface area contributed by atoms with Crippen LogP contribution in [0.25, 0.3) is 0 Å². The number of piperidine rings is 1. The second-order valence-electron chi connectivity index (χ2n) is 5.04. The number of carboxylic acid groups (broad SMARTS) is 1. The molecule has 4 nitrogen and oxygen atoms in total. The first-order valence-corrected chi connectivity index (χ1v) is 6.75. The summed E-state index contributed by atoms with van der Waals surface area (Å²) >= 11 is 0. The highest BCUT2D eigenvalue weighted by Crippen LogP contribution is 2.28. The van der Waals surface area contributed by atoms with E-state index in [4.69, 9.17) is 9.84 Å². The third-order valence-electron chi connectivity index (χ3n) is 3.83. The molecular weight excluding hydrogens is 278 g/mol. The van der Waals surface area contributed by atoms with Gasteiger partial charge in [0.1, 0.15) is 0 Å². The molecule has 1 aliphatic heterocycles. The number of hydrogen-bond acceptors (Lipinski definition) is 3. The number of nitrogens with zero attached hydrogens (tertiary/aromatic N) is 1. The first-order chi connectivity index (χ1) is 9.20. The molecule has 0 unspecified atom stereocenters. The van der Waals surface area contributed by atoms with Crippen molar-refractivity contribution in [3.05, 3.63) is 35.4 Å². The van der Waals surface area contributed by atoms with E-state index in [1.54, 1.807) is 19.2 Å². The molecule has 0 radical (unpaired) electrons. The van der Waals surface area contributed by atoms with Crippen molar-refractivity contribution in [3.63, 3.8) is 0 Å². The van der Waals surface area contributed by atoms with Gasteiger partial charge in [0, 0.05) is 13.7 Å². The van der Waals surface area contributed by atoms with Gasteiger partial charge < -0.3 is 14.7 Å². The SMILES string of the molecule is COCCN1CCC(c2ccc(C(=O)O)cc2)CC1.Cl. The first kappa shape index (κ1) is 17.0. The van der Waals surface area contributed by atoms with Crippen molar-refractivity contribution < 1.29 is 14.6 Å². The fourth-order valence-corrected chi connectivity index (χ4v) is 2.61. The molecular formula is C15H22ClNO3. The van der Waals surface area contributed by atoms with Crippen LogP contribution in [-0.4, -0.2) is 49.3 Å². The van der Waals surface area contributed by atoms with E-state index in [1.165, 1.54) is 5.56 Å². The fourth-order valence-electron chi connectivity index (χ4n) is 2.61. The number of likely N-dealkylation sites (tertiary alicyclic amines) is 1. The number of carboxylic acids is 1. The minimum absolute atomic E-state index is 0. The molecule has 0 amide bonds. The van der Waals surface area contributed by atoms with Crippen LogP contribution in [0, 0.1) is 0 Å². The van der Waals surface area contributed by atoms with Crippen LogP contribution >= 0.6 is 12.4 Å². The molecule has 0 atom stereocenters. The van der Waals surface area contributed by atoms with Crippen molar-refractivity contribution in [2.75, 3.05) is 33.4 Å². The minimum Gasteiger partial charge on any atom is -0.478 e. The Kier molecular flexibility index (Phi) is 6.99. The summed E-state index contributed by atoms with van der Waals surface area (Å²) in [5, 5.41) is 8.88. The van der Waals surface area contributed by atoms with Crippen LogP contribution in [0.15, 0.2) is 24.3 Å². The molecule has 112 valence electrons. The predicted molar refractivity (Wildman–Crippen MR) is 80.9 cm³/mol. The molecule has 2 rings (SSSR count). The largest absolute Gasteiger partial charge is 0.478 e. The number of carbonyl (C=O) groups is 1. The van der Waals surface area contributed by atoms with Gasteiger partial charge in [-0.05, 0) is 49.5 Å². The predicted octanol–water partition coefficient (Wildman–Crippen LogP) is 2.63. The fraction of sp³-hybridized carbons (Fsp3) is 0.533. The van der Waals surface area contributed by atoms with E-state index >= 15 is 0 Å². The highest BCUT2D eigenvalue weighted by molar-refractivity contribution is 5.87. The van der Waals surface area contributed by atoms with Crippen LogP contribution in [0.4, 0.5) is 0 Å². The number of benzene rings is 1. The second kappa shape index (κ2) is 8.25. The van der Waals surface area contributed by atoms with Gasteiger partial charge in [0.15, 0.2) is 0 Å². The van der Waals surface area contributed by atoms with E-state index in [0.29, 0.717) is 11.5 Å². The van der Waals surface area contributed by atoms with E-state index in [2.05, 4.69) is 4.90 Å². The van der Waals surface area contributed by atoms with Crippen LogP contribution in [0.3, 0.4) is 0 Å². The van der Waals surface area contributed by atoms with Gasteiger partial charge in [0.05, 0.1) is 12.2 Å². The van der Waals surface area contributed by atoms with Crippen LogP contribution in [-0.2, 0) is 4.74 Å². The van der Waals surface area contributed by atoms with Crippen molar-refractivity contribution in [2.24, 2.45) is 0 Å². The lowest BCUT2D eigenvalue weighted by Crippen LogP contribution is -2.35. The van der Waals surface area contributed by atoms with Crippen LogP contribution in [0.5, 0.6) is 0 Å². The van der Waals surface area contributed by atoms with E-state index in [-0.39, 0.29) is 12.4 Å². The van der Waals surface area contributed by atoms with Crippen molar-refractivity contribution >= 4 is 18.4 Å². The lowest BCUT2D eigenvalue weighted by atomic mass is 9.89. The van der Waals surface area contributed by atoms with Crippen LogP contribution in [0.2, 0.25) is 0 Å². The van der Waals surface area contributed by atoms with Gasteiger partial charge >= 0.3 is 5.97 Å². The summed E-state index contributed by atoms with van der Waals surface area (Å²) in [5.74, 6) is -0.303. The standard InChI is InChI=1S/C15H21NO3.ClH/c1-19-11-10-16-8-6-13(7-9-16)12-2-4-14(5-3-12)15(17)18;/h2-5,13H,6-11H2,1H3,(H,17,18);1H. The first-order valence-electron chi connectivity index (χ1n) is 6.75. The molecule has 0 aromatic heterocycles. The van der Waals surface area contributed by atoms with E-state index in [9.17, 15) is 4.79 Å². The van der Waals surface area contributed by atoms with E-state index < -0.39 is 5.97 Å². The van der Waals surface area contributed by atoms with Gasteiger partial charge in [-0.25, -0.2) is 4.79 Å². The van der Waals surface area contributed by atoms with Gasteiger partial charge in [-0.3, -0.25) is 0 Å². The molecule has 0 saturated carbocycles. The topological polar surface area (TPSA) is 49.8 Å². The number of halogens is 1. The maximum Gasteiger partial charge on any atom is 0.335 e. The Morgan fingerprint density at radius 1 is 1.30 bits per heavy atom. The Bertz CT molecular complexity index is 414. The lowest BCUT2D eigenvalue weighted by molar-refractivity contribution is 0.0697. The molecule has 1 fully saturated rings. The molecule has 0 spiro atoms. The van der Waals surface area contributed by atoms with Crippen LogP contribution in [0.1, 0.15) is 34.7 Å². The second-order valence-corrected chi connectivity index (χ2v) is 5.04. The molecule has 5 heteroatoms. The molecule has 20 heavy (non-hydrogen) atoms. The number of methoxy groups -OCH3 is 1. The molecule has 1 heterocycles. The Morgan fingerprint density at radius 3 is 2.40 bits per heavy atom. The normalized spacial score (nSPS) is 16.6. The Balaban J connectivity index is 0.00000200. The quantitative estimate of drug-likeness (QED) is 0.908. The van der Waals surface area contributed by atoms with E-state index in [1.807, 2.05) is 12.1 Å². The summed E-state index contributed by atoms with van der Waals surface area (Å²) in [6.45, 7) is 3.97. The van der Waals surface area contributed by atoms with Crippen molar-refractivity contribution in [1.29, 1.82) is 0 Å². The Morgan fingerprint density at radius 2 is 1.90 bits per heavy atom. The average molecular weight is 300 g/mol. The van der Waals surface area contributed by atoms with E-state index in [0.717, 1.165) is 39.1 Å². The van der Waals surface area contributed by atoms with Crippen molar-refractivity contribution in [1.82, 2.24) is 4.90 Å². The molecule has 1 aliphatic rings. The minimum atomic E-state index is -0.860. The summed E-state index contributed by atoms with van der Waals surface area (Å²) in [4.78, 5) is 13.2. The highest BCUT2D eigenvalue weighted by atomic mass is 35.5. The molecule has 0 bridgehead atoms. The average Bonchev–Trinajstić information content (AvgIpc) is 2.46. The highest BCUT2D eigenvalue weighted by Gasteiger charge is 2.20. The summed E-state index contributed by atoms with van der Waals surface area (Å²) in [6, 6.07) is 7.32. The monoisotopic (exact) mass is 299 g/mol. The smallest absolute Gasteiger partial charge is 0.335 e. The summed E-state index contributed by atoms with van der Waals surface area (Å²) in [6.07, 6.45) is 2.27. The van der Waals surface area contributed by atoms with Gasteiger partial charge in [0.25, 0.3) is 0 Å². The maximum atomic E-state index is 10.8. The zero-order valence-corrected chi connectivity index (χ0v) is 12.6. The van der Waals surface area contributed by atoms with Gasteiger partial charge in [-0.2, -0.15) is 0 Å². The summed E-state index contributed by atoms with van der Waals surface area (Å²) in [5.41, 5.74) is 1.62. The Hall–Kier alpha value is -1.10. The molecule has 0 aliphatic carbocycles. The zero-order chi connectivity index (χ0) is 13.7.